The van der Waals surface area contributed by atoms with Crippen molar-refractivity contribution < 1.29 is 9.90 Å². The average Bonchev–Trinajstić information content (AvgIpc) is 3.11. The molecule has 3 aromatic heterocycles. The van der Waals surface area contributed by atoms with E-state index < -0.39 is 5.97 Å². The van der Waals surface area contributed by atoms with Gasteiger partial charge in [-0.05, 0) is 43.2 Å². The highest BCUT2D eigenvalue weighted by atomic mass is 35.5. The molecule has 140 valence electrons. The van der Waals surface area contributed by atoms with Gasteiger partial charge in [0.15, 0.2) is 0 Å². The van der Waals surface area contributed by atoms with Gasteiger partial charge >= 0.3 is 5.97 Å². The Balaban J connectivity index is 1.69. The molecule has 4 aromatic rings. The minimum Gasteiger partial charge on any atom is -0.478 e. The van der Waals surface area contributed by atoms with Gasteiger partial charge in [-0.25, -0.2) is 19.1 Å². The highest BCUT2D eigenvalue weighted by Gasteiger charge is 2.36. The van der Waals surface area contributed by atoms with Crippen molar-refractivity contribution >= 4 is 28.9 Å². The number of rotatable bonds is 5. The molecule has 0 saturated heterocycles. The Kier molecular flexibility index (Phi) is 4.03. The van der Waals surface area contributed by atoms with Crippen LogP contribution >= 0.6 is 22.9 Å². The molecule has 0 radical (unpaired) electrons. The summed E-state index contributed by atoms with van der Waals surface area (Å²) in [6.07, 6.45) is 5.37. The molecule has 1 aliphatic carbocycles. The Labute approximate surface area is 168 Å². The largest absolute Gasteiger partial charge is 0.478 e. The molecule has 9 heteroatoms. The fraction of sp³-hybridized carbons (Fsp3) is 0.158. The third kappa shape index (κ3) is 2.90. The van der Waals surface area contributed by atoms with Gasteiger partial charge in [-0.15, -0.1) is 11.3 Å². The van der Waals surface area contributed by atoms with Crippen LogP contribution in [0.2, 0.25) is 5.02 Å². The van der Waals surface area contributed by atoms with E-state index in [9.17, 15) is 9.90 Å². The van der Waals surface area contributed by atoms with Crippen LogP contribution in [0.25, 0.3) is 22.2 Å². The van der Waals surface area contributed by atoms with Gasteiger partial charge in [-0.1, -0.05) is 11.6 Å². The van der Waals surface area contributed by atoms with E-state index in [1.165, 1.54) is 11.3 Å². The number of aromatic nitrogens is 5. The van der Waals surface area contributed by atoms with E-state index in [2.05, 4.69) is 15.2 Å². The van der Waals surface area contributed by atoms with Crippen LogP contribution in [-0.4, -0.2) is 35.6 Å². The molecule has 0 spiro atoms. The molecular weight excluding hydrogens is 398 g/mol. The number of hydrogen-bond donors (Lipinski definition) is 1. The van der Waals surface area contributed by atoms with Crippen LogP contribution in [0.1, 0.15) is 34.8 Å². The molecule has 0 bridgehead atoms. The second kappa shape index (κ2) is 6.57. The number of thiazole rings is 1. The first-order chi connectivity index (χ1) is 13.6. The molecule has 0 atom stereocenters. The number of carbonyl (C=O) groups is 1. The van der Waals surface area contributed by atoms with Gasteiger partial charge in [0.25, 0.3) is 0 Å². The second-order valence-electron chi connectivity index (χ2n) is 6.54. The maximum absolute atomic E-state index is 12.1. The lowest BCUT2D eigenvalue weighted by Gasteiger charge is -2.04. The third-order valence-electron chi connectivity index (χ3n) is 4.61. The van der Waals surface area contributed by atoms with E-state index in [1.54, 1.807) is 40.0 Å². The number of aromatic carboxylic acids is 1. The van der Waals surface area contributed by atoms with Crippen molar-refractivity contribution in [2.45, 2.75) is 18.8 Å². The molecule has 1 aromatic carbocycles. The van der Waals surface area contributed by atoms with Crippen LogP contribution in [0.4, 0.5) is 0 Å². The first-order valence-corrected chi connectivity index (χ1v) is 9.95. The van der Waals surface area contributed by atoms with E-state index in [-0.39, 0.29) is 11.5 Å². The van der Waals surface area contributed by atoms with Crippen LogP contribution in [0, 0.1) is 0 Å². The van der Waals surface area contributed by atoms with Crippen molar-refractivity contribution in [2.75, 3.05) is 0 Å². The number of carboxylic acids is 1. The van der Waals surface area contributed by atoms with Crippen LogP contribution in [0.15, 0.2) is 48.1 Å². The lowest BCUT2D eigenvalue weighted by Crippen LogP contribution is -2.04. The number of hydrogen-bond acceptors (Lipinski definition) is 5. The van der Waals surface area contributed by atoms with E-state index in [1.807, 2.05) is 17.5 Å². The monoisotopic (exact) mass is 411 g/mol. The third-order valence-corrected chi connectivity index (χ3v) is 5.61. The van der Waals surface area contributed by atoms with Crippen LogP contribution in [-0.2, 0) is 0 Å². The zero-order valence-corrected chi connectivity index (χ0v) is 16.1. The topological polar surface area (TPSA) is 85.8 Å². The summed E-state index contributed by atoms with van der Waals surface area (Å²) in [6, 6.07) is 9.06. The van der Waals surface area contributed by atoms with Gasteiger partial charge in [0.2, 0.25) is 5.13 Å². The first-order valence-electron chi connectivity index (χ1n) is 8.70. The van der Waals surface area contributed by atoms with Crippen molar-refractivity contribution in [3.8, 4) is 22.2 Å². The number of halogens is 1. The van der Waals surface area contributed by atoms with Gasteiger partial charge in [-0.2, -0.15) is 10.2 Å². The van der Waals surface area contributed by atoms with Gasteiger partial charge in [0, 0.05) is 28.7 Å². The van der Waals surface area contributed by atoms with Crippen molar-refractivity contribution in [1.29, 1.82) is 0 Å². The smallest absolute Gasteiger partial charge is 0.339 e. The molecule has 1 aliphatic rings. The predicted molar refractivity (Wildman–Crippen MR) is 106 cm³/mol. The molecule has 0 aliphatic heterocycles. The lowest BCUT2D eigenvalue weighted by molar-refractivity contribution is 0.0696. The molecule has 7 nitrogen and oxygen atoms in total. The summed E-state index contributed by atoms with van der Waals surface area (Å²) >= 11 is 7.36. The van der Waals surface area contributed by atoms with E-state index >= 15 is 0 Å². The number of carboxylic acid groups (broad SMARTS) is 1. The van der Waals surface area contributed by atoms with Crippen molar-refractivity contribution in [2.24, 2.45) is 0 Å². The summed E-state index contributed by atoms with van der Waals surface area (Å²) in [5.74, 6) is -0.815. The summed E-state index contributed by atoms with van der Waals surface area (Å²) in [7, 11) is 0. The molecule has 0 unspecified atom stereocenters. The Bertz CT molecular complexity index is 1160. The van der Waals surface area contributed by atoms with E-state index in [4.69, 9.17) is 11.6 Å². The van der Waals surface area contributed by atoms with Crippen LogP contribution in [0.5, 0.6) is 0 Å². The van der Waals surface area contributed by atoms with Crippen molar-refractivity contribution in [3.05, 3.63) is 64.4 Å². The highest BCUT2D eigenvalue weighted by Crippen LogP contribution is 2.44. The minimum atomic E-state index is -0.999. The van der Waals surface area contributed by atoms with E-state index in [0.717, 1.165) is 18.5 Å². The van der Waals surface area contributed by atoms with Gasteiger partial charge in [0.1, 0.15) is 17.0 Å². The molecule has 1 N–H and O–H groups in total. The molecule has 1 saturated carbocycles. The molecule has 3 heterocycles. The second-order valence-corrected chi connectivity index (χ2v) is 7.85. The fourth-order valence-electron chi connectivity index (χ4n) is 3.17. The van der Waals surface area contributed by atoms with Crippen LogP contribution < -0.4 is 0 Å². The van der Waals surface area contributed by atoms with Crippen molar-refractivity contribution in [3.63, 3.8) is 0 Å². The summed E-state index contributed by atoms with van der Waals surface area (Å²) < 4.78 is 3.30. The molecule has 5 rings (SSSR count). The summed E-state index contributed by atoms with van der Waals surface area (Å²) in [4.78, 5) is 16.4. The van der Waals surface area contributed by atoms with Crippen molar-refractivity contribution in [1.82, 2.24) is 24.5 Å². The Morgan fingerprint density at radius 3 is 2.61 bits per heavy atom. The quantitative estimate of drug-likeness (QED) is 0.525. The number of benzene rings is 1. The maximum Gasteiger partial charge on any atom is 0.339 e. The molecular formula is C19H14ClN5O2S. The summed E-state index contributed by atoms with van der Waals surface area (Å²) in [5, 5.41) is 22.3. The number of nitrogens with zero attached hydrogens (tertiary/aromatic N) is 5. The lowest BCUT2D eigenvalue weighted by atomic mass is 10.1. The Hall–Kier alpha value is -2.97. The van der Waals surface area contributed by atoms with Crippen LogP contribution in [0.3, 0.4) is 0 Å². The highest BCUT2D eigenvalue weighted by molar-refractivity contribution is 7.12. The molecule has 0 amide bonds. The Morgan fingerprint density at radius 2 is 1.96 bits per heavy atom. The Morgan fingerprint density at radius 1 is 1.18 bits per heavy atom. The average molecular weight is 412 g/mol. The minimum absolute atomic E-state index is 0.185. The molecule has 28 heavy (non-hydrogen) atoms. The predicted octanol–water partition coefficient (Wildman–Crippen LogP) is 4.41. The zero-order valence-electron chi connectivity index (χ0n) is 14.5. The van der Waals surface area contributed by atoms with Gasteiger partial charge in [-0.3, -0.25) is 0 Å². The van der Waals surface area contributed by atoms with Gasteiger partial charge < -0.3 is 5.11 Å². The molecule has 1 fully saturated rings. The maximum atomic E-state index is 12.1. The fourth-order valence-corrected chi connectivity index (χ4v) is 3.89. The SMILES string of the molecule is O=C(O)c1c(C2CC2)nn(-c2nccs2)c1-c1ccn(-c2ccc(Cl)cc2)n1. The standard InChI is InChI=1S/C19H14ClN5O2S/c20-12-3-5-13(6-4-12)24-9-7-14(22-24)17-15(18(26)27)16(11-1-2-11)23-25(17)19-21-8-10-28-19/h3-11H,1-2H2,(H,26,27). The normalized spacial score (nSPS) is 13.8. The first kappa shape index (κ1) is 17.2. The van der Waals surface area contributed by atoms with Gasteiger partial charge in [0.05, 0.1) is 11.4 Å². The van der Waals surface area contributed by atoms with E-state index in [0.29, 0.717) is 27.2 Å². The summed E-state index contributed by atoms with van der Waals surface area (Å²) in [6.45, 7) is 0. The zero-order chi connectivity index (χ0) is 19.3. The summed E-state index contributed by atoms with van der Waals surface area (Å²) in [5.41, 5.74) is 2.63.